The summed E-state index contributed by atoms with van der Waals surface area (Å²) in [5.41, 5.74) is 2.79. The highest BCUT2D eigenvalue weighted by Crippen LogP contribution is 2.32. The molecule has 4 aromatic rings. The van der Waals surface area contributed by atoms with Crippen LogP contribution < -0.4 is 10.2 Å². The zero-order valence-corrected chi connectivity index (χ0v) is 23.0. The first-order valence-corrected chi connectivity index (χ1v) is 13.4. The molecule has 0 aliphatic carbocycles. The van der Waals surface area contributed by atoms with Crippen LogP contribution in [0.4, 0.5) is 5.69 Å². The lowest BCUT2D eigenvalue weighted by molar-refractivity contribution is -0.121. The Morgan fingerprint density at radius 2 is 1.97 bits per heavy atom. The van der Waals surface area contributed by atoms with Crippen LogP contribution in [0.25, 0.3) is 17.0 Å². The monoisotopic (exact) mass is 598 g/mol. The van der Waals surface area contributed by atoms with Gasteiger partial charge in [-0.2, -0.15) is 0 Å². The molecular formula is C26H20BrClN4O2S2. The molecule has 10 heteroatoms. The van der Waals surface area contributed by atoms with E-state index in [4.69, 9.17) is 23.8 Å². The number of thiocarbonyl (C=S) groups is 1. The third-order valence-electron chi connectivity index (χ3n) is 5.87. The second-order valence-electron chi connectivity index (χ2n) is 8.22. The lowest BCUT2D eigenvalue weighted by atomic mass is 10.1. The first-order valence-electron chi connectivity index (χ1n) is 11.0. The zero-order chi connectivity index (χ0) is 25.4. The molecule has 2 amide bonds. The predicted octanol–water partition coefficient (Wildman–Crippen LogP) is 6.04. The summed E-state index contributed by atoms with van der Waals surface area (Å²) >= 11 is 16.7. The summed E-state index contributed by atoms with van der Waals surface area (Å²) in [6.45, 7) is 0.654. The van der Waals surface area contributed by atoms with Crippen molar-refractivity contribution in [2.24, 2.45) is 0 Å². The molecule has 1 aliphatic rings. The highest BCUT2D eigenvalue weighted by molar-refractivity contribution is 9.10. The quantitative estimate of drug-likeness (QED) is 0.217. The molecule has 0 unspecified atom stereocenters. The number of carbonyl (C=O) groups is 2. The van der Waals surface area contributed by atoms with Gasteiger partial charge in [-0.15, -0.1) is 11.3 Å². The van der Waals surface area contributed by atoms with Gasteiger partial charge in [-0.25, -0.2) is 0 Å². The molecule has 36 heavy (non-hydrogen) atoms. The van der Waals surface area contributed by atoms with Crippen molar-refractivity contribution in [3.8, 4) is 0 Å². The number of halogens is 2. The van der Waals surface area contributed by atoms with Gasteiger partial charge in [0.25, 0.3) is 5.91 Å². The highest BCUT2D eigenvalue weighted by Gasteiger charge is 2.37. The Kier molecular flexibility index (Phi) is 6.98. The van der Waals surface area contributed by atoms with E-state index in [0.717, 1.165) is 25.8 Å². The van der Waals surface area contributed by atoms with Crippen LogP contribution in [-0.2, 0) is 22.7 Å². The van der Waals surface area contributed by atoms with Crippen LogP contribution in [0.3, 0.4) is 0 Å². The number of hydrogen-bond acceptors (Lipinski definition) is 4. The van der Waals surface area contributed by atoms with E-state index in [2.05, 4.69) is 21.2 Å². The van der Waals surface area contributed by atoms with E-state index in [0.29, 0.717) is 28.1 Å². The van der Waals surface area contributed by atoms with Crippen LogP contribution in [0, 0.1) is 0 Å². The van der Waals surface area contributed by atoms with Crippen molar-refractivity contribution in [1.29, 1.82) is 0 Å². The Balaban J connectivity index is 1.47. The van der Waals surface area contributed by atoms with E-state index >= 15 is 0 Å². The number of aromatic nitrogens is 1. The summed E-state index contributed by atoms with van der Waals surface area (Å²) in [6, 6.07) is 16.8. The predicted molar refractivity (Wildman–Crippen MR) is 153 cm³/mol. The molecule has 0 spiro atoms. The molecule has 6 nitrogen and oxygen atoms in total. The lowest BCUT2D eigenvalue weighted by Crippen LogP contribution is -2.31. The molecule has 182 valence electrons. The van der Waals surface area contributed by atoms with E-state index in [1.165, 1.54) is 4.90 Å². The topological polar surface area (TPSA) is 57.6 Å². The number of nitrogens with one attached hydrogen (secondary N) is 1. The average Bonchev–Trinajstić information content (AvgIpc) is 3.54. The second-order valence-corrected chi connectivity index (χ2v) is 11.0. The number of carbonyl (C=O) groups excluding carboxylic acids is 2. The van der Waals surface area contributed by atoms with E-state index in [-0.39, 0.29) is 18.4 Å². The van der Waals surface area contributed by atoms with Crippen molar-refractivity contribution in [3.05, 3.63) is 91.8 Å². The summed E-state index contributed by atoms with van der Waals surface area (Å²) in [7, 11) is 1.77. The maximum absolute atomic E-state index is 13.4. The van der Waals surface area contributed by atoms with Crippen molar-refractivity contribution in [1.82, 2.24) is 14.8 Å². The number of likely N-dealkylation sites (N-methyl/N-ethyl adjacent to an activating group) is 1. The molecule has 0 saturated carbocycles. The summed E-state index contributed by atoms with van der Waals surface area (Å²) in [5.74, 6) is -0.319. The zero-order valence-electron chi connectivity index (χ0n) is 19.1. The maximum atomic E-state index is 13.4. The molecule has 0 radical (unpaired) electrons. The van der Waals surface area contributed by atoms with Gasteiger partial charge in [0.1, 0.15) is 12.2 Å². The van der Waals surface area contributed by atoms with Gasteiger partial charge in [0.2, 0.25) is 5.91 Å². The maximum Gasteiger partial charge on any atom is 0.281 e. The molecule has 5 rings (SSSR count). The Morgan fingerprint density at radius 3 is 2.69 bits per heavy atom. The fourth-order valence-electron chi connectivity index (χ4n) is 4.07. The van der Waals surface area contributed by atoms with Crippen molar-refractivity contribution in [3.63, 3.8) is 0 Å². The van der Waals surface area contributed by atoms with Crippen LogP contribution in [-0.4, -0.2) is 33.4 Å². The number of rotatable bonds is 6. The third kappa shape index (κ3) is 4.84. The first kappa shape index (κ1) is 24.7. The van der Waals surface area contributed by atoms with Crippen LogP contribution in [0.2, 0.25) is 5.02 Å². The summed E-state index contributed by atoms with van der Waals surface area (Å²) in [5, 5.41) is 6.84. The molecule has 2 aromatic carbocycles. The van der Waals surface area contributed by atoms with Gasteiger partial charge in [0.15, 0.2) is 5.11 Å². The SMILES string of the molecule is CN1C(=S)N(c2ccc(Cl)cc2)C(=O)/C1=C/c1cn(CC(=O)NCc2cccs2)c2ccc(Br)cc12. The van der Waals surface area contributed by atoms with Crippen LogP contribution >= 0.6 is 51.1 Å². The number of nitrogens with zero attached hydrogens (tertiary/aromatic N) is 3. The largest absolute Gasteiger partial charge is 0.350 e. The van der Waals surface area contributed by atoms with Gasteiger partial charge in [-0.05, 0) is 72.2 Å². The number of benzene rings is 2. The number of thiophene rings is 1. The van der Waals surface area contributed by atoms with Crippen molar-refractivity contribution in [2.45, 2.75) is 13.1 Å². The Hall–Kier alpha value is -2.98. The number of fused-ring (bicyclic) bond motifs is 1. The van der Waals surface area contributed by atoms with Gasteiger partial charge >= 0.3 is 0 Å². The van der Waals surface area contributed by atoms with E-state index in [1.807, 2.05) is 52.6 Å². The fourth-order valence-corrected chi connectivity index (χ4v) is 5.49. The van der Waals surface area contributed by atoms with Crippen molar-refractivity contribution in [2.75, 3.05) is 11.9 Å². The number of amides is 2. The first-order chi connectivity index (χ1) is 17.3. The van der Waals surface area contributed by atoms with E-state index < -0.39 is 0 Å². The van der Waals surface area contributed by atoms with Crippen LogP contribution in [0.1, 0.15) is 10.4 Å². The van der Waals surface area contributed by atoms with Gasteiger partial charge in [-0.3, -0.25) is 14.5 Å². The molecule has 3 heterocycles. The van der Waals surface area contributed by atoms with Crippen LogP contribution in [0.15, 0.2) is 76.3 Å². The number of anilines is 1. The van der Waals surface area contributed by atoms with Crippen molar-refractivity contribution >= 4 is 90.7 Å². The minimum absolute atomic E-state index is 0.0911. The summed E-state index contributed by atoms with van der Waals surface area (Å²) < 4.78 is 2.80. The standard InChI is InChI=1S/C26H20BrClN4O2S2/c1-30-23(25(34)32(26(30)35)19-7-5-18(28)6-8-19)11-16-14-31(22-9-4-17(27)12-21(16)22)15-24(33)29-13-20-3-2-10-36-20/h2-12,14H,13,15H2,1H3,(H,29,33)/b23-11-. The molecule has 2 aromatic heterocycles. The van der Waals surface area contributed by atoms with Crippen molar-refractivity contribution < 1.29 is 9.59 Å². The van der Waals surface area contributed by atoms with Gasteiger partial charge < -0.3 is 14.8 Å². The molecule has 1 N–H and O–H groups in total. The molecule has 1 fully saturated rings. The van der Waals surface area contributed by atoms with Gasteiger partial charge in [0, 0.05) is 44.1 Å². The molecule has 1 saturated heterocycles. The molecule has 1 aliphatic heterocycles. The molecular weight excluding hydrogens is 580 g/mol. The molecule has 0 bridgehead atoms. The summed E-state index contributed by atoms with van der Waals surface area (Å²) in [6.07, 6.45) is 3.71. The minimum atomic E-state index is -0.227. The summed E-state index contributed by atoms with van der Waals surface area (Å²) in [4.78, 5) is 30.4. The fraction of sp³-hybridized carbons (Fsp3) is 0.115. The van der Waals surface area contributed by atoms with E-state index in [9.17, 15) is 9.59 Å². The Bertz CT molecular complexity index is 1510. The third-order valence-corrected chi connectivity index (χ3v) is 7.94. The average molecular weight is 600 g/mol. The normalized spacial score (nSPS) is 14.9. The van der Waals surface area contributed by atoms with Crippen LogP contribution in [0.5, 0.6) is 0 Å². The lowest BCUT2D eigenvalue weighted by Gasteiger charge is -2.16. The van der Waals surface area contributed by atoms with Gasteiger partial charge in [0.05, 0.1) is 12.2 Å². The second kappa shape index (κ2) is 10.2. The Labute approximate surface area is 230 Å². The molecule has 0 atom stereocenters. The minimum Gasteiger partial charge on any atom is -0.350 e. The van der Waals surface area contributed by atoms with E-state index in [1.54, 1.807) is 47.5 Å². The highest BCUT2D eigenvalue weighted by atomic mass is 79.9. The Morgan fingerprint density at radius 1 is 1.19 bits per heavy atom. The smallest absolute Gasteiger partial charge is 0.281 e. The van der Waals surface area contributed by atoms with Gasteiger partial charge in [-0.1, -0.05) is 33.6 Å². The number of hydrogen-bond donors (Lipinski definition) is 1.